The van der Waals surface area contributed by atoms with E-state index in [1.54, 1.807) is 6.92 Å². The van der Waals surface area contributed by atoms with Gasteiger partial charge in [0.25, 0.3) is 0 Å². The van der Waals surface area contributed by atoms with Gasteiger partial charge in [-0.25, -0.2) is 22.4 Å². The van der Waals surface area contributed by atoms with E-state index in [0.29, 0.717) is 6.42 Å². The van der Waals surface area contributed by atoms with Crippen molar-refractivity contribution in [2.45, 2.75) is 13.3 Å². The Balaban J connectivity index is 3.41. The number of carbonyl (C=O) groups is 1. The van der Waals surface area contributed by atoms with Crippen LogP contribution in [0.5, 0.6) is 0 Å². The van der Waals surface area contributed by atoms with Crippen LogP contribution in [0.25, 0.3) is 0 Å². The van der Waals surface area contributed by atoms with Crippen molar-refractivity contribution in [2.24, 2.45) is 0 Å². The maximum atomic E-state index is 13.3. The maximum Gasteiger partial charge on any atom is 0.341 e. The van der Waals surface area contributed by atoms with Gasteiger partial charge in [-0.3, -0.25) is 0 Å². The molecule has 0 aliphatic carbocycles. The summed E-state index contributed by atoms with van der Waals surface area (Å²) >= 11 is 0. The van der Waals surface area contributed by atoms with Gasteiger partial charge in [-0.05, 0) is 6.42 Å². The first kappa shape index (κ1) is 13.3. The smallest absolute Gasteiger partial charge is 0.341 e. The molecular formula is C10H9F4NO2. The van der Waals surface area contributed by atoms with E-state index in [4.69, 9.17) is 5.11 Å². The van der Waals surface area contributed by atoms with Gasteiger partial charge < -0.3 is 10.4 Å². The fraction of sp³-hybridized carbons (Fsp3) is 0.300. The standard InChI is InChI=1S/C10H9F4NO2/c1-2-3-15-9-7(13)5(11)4(10(16)17)6(12)8(9)14/h15H,2-3H2,1H3,(H,16,17). The molecule has 3 nitrogen and oxygen atoms in total. The molecule has 2 N–H and O–H groups in total. The lowest BCUT2D eigenvalue weighted by atomic mass is 10.1. The first-order chi connectivity index (χ1) is 7.91. The van der Waals surface area contributed by atoms with E-state index < -0.39 is 40.5 Å². The summed E-state index contributed by atoms with van der Waals surface area (Å²) in [6.07, 6.45) is 0.475. The van der Waals surface area contributed by atoms with Gasteiger partial charge in [-0.2, -0.15) is 0 Å². The van der Waals surface area contributed by atoms with Gasteiger partial charge in [0.2, 0.25) is 0 Å². The zero-order valence-electron chi connectivity index (χ0n) is 8.78. The van der Waals surface area contributed by atoms with Crippen LogP contribution >= 0.6 is 0 Å². The minimum absolute atomic E-state index is 0.0964. The van der Waals surface area contributed by atoms with Gasteiger partial charge in [0.05, 0.1) is 0 Å². The largest absolute Gasteiger partial charge is 0.477 e. The Labute approximate surface area is 94.1 Å². The predicted molar refractivity (Wildman–Crippen MR) is 52.0 cm³/mol. The summed E-state index contributed by atoms with van der Waals surface area (Å²) in [6.45, 7) is 1.78. The number of aromatic carboxylic acids is 1. The molecule has 0 spiro atoms. The van der Waals surface area contributed by atoms with Crippen molar-refractivity contribution in [2.75, 3.05) is 11.9 Å². The third-order valence-corrected chi connectivity index (χ3v) is 2.03. The molecule has 0 saturated carbocycles. The third-order valence-electron chi connectivity index (χ3n) is 2.03. The summed E-state index contributed by atoms with van der Waals surface area (Å²) in [5.74, 6) is -9.39. The average molecular weight is 251 g/mol. The zero-order valence-corrected chi connectivity index (χ0v) is 8.78. The molecule has 0 fully saturated rings. The number of hydrogen-bond acceptors (Lipinski definition) is 2. The highest BCUT2D eigenvalue weighted by atomic mass is 19.2. The first-order valence-electron chi connectivity index (χ1n) is 4.74. The summed E-state index contributed by atoms with van der Waals surface area (Å²) in [4.78, 5) is 10.4. The molecule has 0 aromatic heterocycles. The van der Waals surface area contributed by atoms with Crippen molar-refractivity contribution < 1.29 is 27.5 Å². The molecule has 94 valence electrons. The predicted octanol–water partition coefficient (Wildman–Crippen LogP) is 2.76. The fourth-order valence-corrected chi connectivity index (χ4v) is 1.22. The molecule has 0 bridgehead atoms. The molecule has 0 aliphatic rings. The van der Waals surface area contributed by atoms with E-state index in [1.807, 2.05) is 0 Å². The molecule has 0 unspecified atom stereocenters. The summed E-state index contributed by atoms with van der Waals surface area (Å²) in [6, 6.07) is 0. The van der Waals surface area contributed by atoms with E-state index in [1.165, 1.54) is 0 Å². The van der Waals surface area contributed by atoms with Crippen molar-refractivity contribution in [3.63, 3.8) is 0 Å². The van der Waals surface area contributed by atoms with Crippen LogP contribution in [0, 0.1) is 23.3 Å². The van der Waals surface area contributed by atoms with Gasteiger partial charge in [0, 0.05) is 6.54 Å². The summed E-state index contributed by atoms with van der Waals surface area (Å²) in [7, 11) is 0. The fourth-order valence-electron chi connectivity index (χ4n) is 1.22. The van der Waals surface area contributed by atoms with Crippen LogP contribution in [0.3, 0.4) is 0 Å². The summed E-state index contributed by atoms with van der Waals surface area (Å²) < 4.78 is 52.9. The number of anilines is 1. The van der Waals surface area contributed by atoms with Gasteiger partial charge >= 0.3 is 5.97 Å². The van der Waals surface area contributed by atoms with Gasteiger partial charge in [-0.15, -0.1) is 0 Å². The quantitative estimate of drug-likeness (QED) is 0.639. The SMILES string of the molecule is CCCNc1c(F)c(F)c(C(=O)O)c(F)c1F. The topological polar surface area (TPSA) is 49.3 Å². The van der Waals surface area contributed by atoms with Gasteiger partial charge in [0.1, 0.15) is 11.3 Å². The molecule has 0 amide bonds. The van der Waals surface area contributed by atoms with Crippen LogP contribution in [0.2, 0.25) is 0 Å². The van der Waals surface area contributed by atoms with Crippen molar-refractivity contribution in [1.29, 1.82) is 0 Å². The van der Waals surface area contributed by atoms with E-state index >= 15 is 0 Å². The lowest BCUT2D eigenvalue weighted by Gasteiger charge is -2.11. The molecule has 1 rings (SSSR count). The highest BCUT2D eigenvalue weighted by Gasteiger charge is 2.28. The molecule has 0 saturated heterocycles. The van der Waals surface area contributed by atoms with Gasteiger partial charge in [-0.1, -0.05) is 6.92 Å². The molecule has 17 heavy (non-hydrogen) atoms. The van der Waals surface area contributed by atoms with Gasteiger partial charge in [0.15, 0.2) is 23.3 Å². The monoisotopic (exact) mass is 251 g/mol. The molecule has 1 aromatic rings. The number of nitrogens with one attached hydrogen (secondary N) is 1. The first-order valence-corrected chi connectivity index (χ1v) is 4.74. The van der Waals surface area contributed by atoms with Crippen LogP contribution in [0.4, 0.5) is 23.2 Å². The van der Waals surface area contributed by atoms with Crippen LogP contribution in [-0.4, -0.2) is 17.6 Å². The Morgan fingerprint density at radius 1 is 1.12 bits per heavy atom. The number of carboxylic acid groups (broad SMARTS) is 1. The maximum absolute atomic E-state index is 13.3. The zero-order chi connectivity index (χ0) is 13.2. The van der Waals surface area contributed by atoms with Crippen LogP contribution in [-0.2, 0) is 0 Å². The van der Waals surface area contributed by atoms with Crippen LogP contribution < -0.4 is 5.32 Å². The highest BCUT2D eigenvalue weighted by Crippen LogP contribution is 2.28. The number of benzene rings is 1. The lowest BCUT2D eigenvalue weighted by molar-refractivity contribution is 0.0683. The molecule has 0 atom stereocenters. The Morgan fingerprint density at radius 2 is 1.59 bits per heavy atom. The molecular weight excluding hydrogens is 242 g/mol. The number of hydrogen-bond donors (Lipinski definition) is 2. The Kier molecular flexibility index (Phi) is 3.93. The van der Waals surface area contributed by atoms with Crippen molar-refractivity contribution in [3.05, 3.63) is 28.8 Å². The van der Waals surface area contributed by atoms with Crippen molar-refractivity contribution in [1.82, 2.24) is 0 Å². The van der Waals surface area contributed by atoms with Crippen molar-refractivity contribution in [3.8, 4) is 0 Å². The molecule has 0 aliphatic heterocycles. The van der Waals surface area contributed by atoms with E-state index in [9.17, 15) is 22.4 Å². The molecule has 0 radical (unpaired) electrons. The number of rotatable bonds is 4. The Bertz CT molecular complexity index is 433. The molecule has 0 heterocycles. The van der Waals surface area contributed by atoms with E-state index in [-0.39, 0.29) is 6.54 Å². The Hall–Kier alpha value is -1.79. The lowest BCUT2D eigenvalue weighted by Crippen LogP contribution is -2.14. The number of halogens is 4. The molecule has 1 aromatic carbocycles. The summed E-state index contributed by atoms with van der Waals surface area (Å²) in [5.41, 5.74) is -2.63. The minimum Gasteiger partial charge on any atom is -0.477 e. The number of carboxylic acids is 1. The third kappa shape index (κ3) is 2.32. The second-order valence-corrected chi connectivity index (χ2v) is 3.24. The minimum atomic E-state index is -2.07. The Morgan fingerprint density at radius 3 is 1.94 bits per heavy atom. The van der Waals surface area contributed by atoms with E-state index in [0.717, 1.165) is 0 Å². The highest BCUT2D eigenvalue weighted by molar-refractivity contribution is 5.89. The van der Waals surface area contributed by atoms with Crippen LogP contribution in [0.1, 0.15) is 23.7 Å². The van der Waals surface area contributed by atoms with E-state index in [2.05, 4.69) is 5.32 Å². The second kappa shape index (κ2) is 5.03. The van der Waals surface area contributed by atoms with Crippen LogP contribution in [0.15, 0.2) is 0 Å². The summed E-state index contributed by atoms with van der Waals surface area (Å²) in [5, 5.41) is 10.6. The normalized spacial score (nSPS) is 10.4. The average Bonchev–Trinajstić information content (AvgIpc) is 2.26. The molecule has 7 heteroatoms. The van der Waals surface area contributed by atoms with Crippen molar-refractivity contribution >= 4 is 11.7 Å². The second-order valence-electron chi connectivity index (χ2n) is 3.24.